The maximum absolute atomic E-state index is 10.7. The molecule has 0 aromatic heterocycles. The van der Waals surface area contributed by atoms with Gasteiger partial charge in [-0.25, -0.2) is 0 Å². The third-order valence-electron chi connectivity index (χ3n) is 4.00. The molecule has 2 atom stereocenters. The lowest BCUT2D eigenvalue weighted by Crippen LogP contribution is -2.01. The molecule has 0 saturated carbocycles. The number of halogens is 2. The van der Waals surface area contributed by atoms with Crippen molar-refractivity contribution in [1.82, 2.24) is 0 Å². The van der Waals surface area contributed by atoms with Gasteiger partial charge < -0.3 is 10.2 Å². The number of unbranched alkanes of at least 4 members (excludes halogenated alkanes) is 1. The largest absolute Gasteiger partial charge is 0.387 e. The maximum atomic E-state index is 10.7. The third kappa shape index (κ3) is 6.90. The van der Waals surface area contributed by atoms with Crippen molar-refractivity contribution in [2.45, 2.75) is 31.5 Å². The zero-order valence-corrected chi connectivity index (χ0v) is 16.4. The third-order valence-corrected chi connectivity index (χ3v) is 4.50. The number of rotatable bonds is 7. The van der Waals surface area contributed by atoms with Gasteiger partial charge in [-0.2, -0.15) is 0 Å². The van der Waals surface area contributed by atoms with Gasteiger partial charge in [-0.3, -0.25) is 0 Å². The highest BCUT2D eigenvalue weighted by atomic mass is 35.5. The lowest BCUT2D eigenvalue weighted by atomic mass is 10.00. The van der Waals surface area contributed by atoms with Crippen LogP contribution in [0, 0.1) is 11.8 Å². The van der Waals surface area contributed by atoms with Crippen LogP contribution in [0.15, 0.2) is 72.8 Å². The summed E-state index contributed by atoms with van der Waals surface area (Å²) in [7, 11) is 0. The van der Waals surface area contributed by atoms with Crippen LogP contribution in [0.1, 0.15) is 42.6 Å². The highest BCUT2D eigenvalue weighted by molar-refractivity contribution is 6.30. The van der Waals surface area contributed by atoms with Crippen LogP contribution < -0.4 is 0 Å². The first-order valence-corrected chi connectivity index (χ1v) is 9.43. The molecular formula is C23H22Cl2O2. The maximum Gasteiger partial charge on any atom is 0.111 e. The van der Waals surface area contributed by atoms with Gasteiger partial charge in [0.2, 0.25) is 0 Å². The molecule has 0 aliphatic carbocycles. The number of hydrogen-bond acceptors (Lipinski definition) is 2. The summed E-state index contributed by atoms with van der Waals surface area (Å²) in [5.41, 5.74) is 2.07. The highest BCUT2D eigenvalue weighted by Gasteiger charge is 2.12. The second-order valence-corrected chi connectivity index (χ2v) is 6.93. The molecule has 0 bridgehead atoms. The smallest absolute Gasteiger partial charge is 0.111 e. The van der Waals surface area contributed by atoms with Crippen LogP contribution in [0.25, 0.3) is 0 Å². The molecule has 0 saturated heterocycles. The van der Waals surface area contributed by atoms with Gasteiger partial charge in [0.05, 0.1) is 6.10 Å². The lowest BCUT2D eigenvalue weighted by Gasteiger charge is -2.12. The van der Waals surface area contributed by atoms with Gasteiger partial charge in [0, 0.05) is 22.0 Å². The van der Waals surface area contributed by atoms with E-state index in [0.717, 1.165) is 24.0 Å². The van der Waals surface area contributed by atoms with Crippen LogP contribution in [-0.2, 0) is 0 Å². The quantitative estimate of drug-likeness (QED) is 0.337. The van der Waals surface area contributed by atoms with Crippen LogP contribution in [0.4, 0.5) is 0 Å². The first kappa shape index (κ1) is 21.3. The molecule has 2 unspecified atom stereocenters. The molecule has 0 amide bonds. The summed E-state index contributed by atoms with van der Waals surface area (Å²) in [5.74, 6) is 5.99. The Morgan fingerprint density at radius 1 is 0.926 bits per heavy atom. The Kier molecular flexibility index (Phi) is 8.64. The summed E-state index contributed by atoms with van der Waals surface area (Å²) in [6.45, 7) is 3.71. The second-order valence-electron chi connectivity index (χ2n) is 6.05. The molecule has 140 valence electrons. The van der Waals surface area contributed by atoms with E-state index in [-0.39, 0.29) is 6.42 Å². The van der Waals surface area contributed by atoms with Crippen LogP contribution in [0.2, 0.25) is 10.0 Å². The number of aliphatic hydroxyl groups excluding tert-OH is 2. The molecule has 2 aromatic carbocycles. The van der Waals surface area contributed by atoms with Crippen molar-refractivity contribution in [2.75, 3.05) is 0 Å². The molecule has 0 fully saturated rings. The van der Waals surface area contributed by atoms with E-state index in [1.165, 1.54) is 0 Å². The topological polar surface area (TPSA) is 40.5 Å². The molecule has 2 aromatic rings. The first-order valence-electron chi connectivity index (χ1n) is 8.68. The van der Waals surface area contributed by atoms with Crippen molar-refractivity contribution < 1.29 is 10.2 Å². The molecule has 0 aliphatic rings. The second kappa shape index (κ2) is 11.0. The highest BCUT2D eigenvalue weighted by Crippen LogP contribution is 2.24. The predicted octanol–water partition coefficient (Wildman–Crippen LogP) is 6.05. The van der Waals surface area contributed by atoms with Gasteiger partial charge in [-0.1, -0.05) is 71.5 Å². The van der Waals surface area contributed by atoms with Gasteiger partial charge in [0.15, 0.2) is 0 Å². The molecule has 2 nitrogen and oxygen atoms in total. The van der Waals surface area contributed by atoms with Crippen LogP contribution in [-0.4, -0.2) is 10.2 Å². The first-order chi connectivity index (χ1) is 13.0. The lowest BCUT2D eigenvalue weighted by molar-refractivity contribution is 0.184. The summed E-state index contributed by atoms with van der Waals surface area (Å²) < 4.78 is 0. The van der Waals surface area contributed by atoms with E-state index in [0.29, 0.717) is 15.6 Å². The summed E-state index contributed by atoms with van der Waals surface area (Å²) >= 11 is 11.8. The van der Waals surface area contributed by atoms with E-state index >= 15 is 0 Å². The number of allylic oxidation sites excluding steroid dienone is 2. The van der Waals surface area contributed by atoms with Crippen LogP contribution >= 0.6 is 23.2 Å². The van der Waals surface area contributed by atoms with Crippen molar-refractivity contribution in [2.24, 2.45) is 0 Å². The minimum Gasteiger partial charge on any atom is -0.387 e. The fourth-order valence-electron chi connectivity index (χ4n) is 2.46. The van der Waals surface area contributed by atoms with Gasteiger partial charge in [0.1, 0.15) is 6.10 Å². The summed E-state index contributed by atoms with van der Waals surface area (Å²) in [6, 6.07) is 14.0. The molecule has 0 heterocycles. The van der Waals surface area contributed by atoms with Crippen LogP contribution in [0.3, 0.4) is 0 Å². The van der Waals surface area contributed by atoms with E-state index in [1.807, 2.05) is 12.2 Å². The molecule has 0 spiro atoms. The van der Waals surface area contributed by atoms with E-state index in [9.17, 15) is 10.2 Å². The van der Waals surface area contributed by atoms with Crippen molar-refractivity contribution in [3.05, 3.63) is 94.0 Å². The normalized spacial score (nSPS) is 13.4. The number of hydrogen-bond donors (Lipinski definition) is 2. The Balaban J connectivity index is 2.13. The zero-order chi connectivity index (χ0) is 19.6. The van der Waals surface area contributed by atoms with E-state index in [2.05, 4.69) is 18.4 Å². The Morgan fingerprint density at radius 2 is 1.48 bits per heavy atom. The van der Waals surface area contributed by atoms with Gasteiger partial charge in [-0.15, -0.1) is 6.58 Å². The molecule has 2 rings (SSSR count). The molecule has 27 heavy (non-hydrogen) atoms. The average Bonchev–Trinajstić information content (AvgIpc) is 2.67. The fourth-order valence-corrected chi connectivity index (χ4v) is 2.72. The molecule has 4 heteroatoms. The monoisotopic (exact) mass is 400 g/mol. The van der Waals surface area contributed by atoms with Crippen molar-refractivity contribution in [3.63, 3.8) is 0 Å². The van der Waals surface area contributed by atoms with Gasteiger partial charge >= 0.3 is 0 Å². The zero-order valence-electron chi connectivity index (χ0n) is 14.9. The Labute approximate surface area is 170 Å². The molecule has 2 N–H and O–H groups in total. The average molecular weight is 401 g/mol. The number of aliphatic hydroxyl groups is 2. The SMILES string of the molecule is C=CCCC=C(C#CCC(O)c1ccc(Cl)cc1)C(O)c1ccc(Cl)cc1. The van der Waals surface area contributed by atoms with Crippen molar-refractivity contribution in [3.8, 4) is 11.8 Å². The molecule has 0 aliphatic heterocycles. The molecular weight excluding hydrogens is 379 g/mol. The molecule has 0 radical (unpaired) electrons. The Bertz CT molecular complexity index is 827. The predicted molar refractivity (Wildman–Crippen MR) is 113 cm³/mol. The van der Waals surface area contributed by atoms with Crippen molar-refractivity contribution in [1.29, 1.82) is 0 Å². The Hall–Kier alpha value is -2.02. The Morgan fingerprint density at radius 3 is 2.04 bits per heavy atom. The van der Waals surface area contributed by atoms with E-state index in [4.69, 9.17) is 23.2 Å². The van der Waals surface area contributed by atoms with Crippen LogP contribution in [0.5, 0.6) is 0 Å². The van der Waals surface area contributed by atoms with E-state index < -0.39 is 12.2 Å². The minimum atomic E-state index is -0.841. The minimum absolute atomic E-state index is 0.258. The van der Waals surface area contributed by atoms with Gasteiger partial charge in [0.25, 0.3) is 0 Å². The van der Waals surface area contributed by atoms with E-state index in [1.54, 1.807) is 48.5 Å². The summed E-state index contributed by atoms with van der Waals surface area (Å²) in [5, 5.41) is 22.2. The standard InChI is InChI=1S/C23H22Cl2O2/c1-2-3-4-6-18(23(27)19-11-15-21(25)16-12-19)7-5-8-22(26)17-9-13-20(24)14-10-17/h2,6,9-16,22-23,26-27H,1,3-4,8H2. The van der Waals surface area contributed by atoms with Crippen molar-refractivity contribution >= 4 is 23.2 Å². The number of benzene rings is 2. The van der Waals surface area contributed by atoms with Gasteiger partial charge in [-0.05, 0) is 48.2 Å². The summed E-state index contributed by atoms with van der Waals surface area (Å²) in [6.07, 6.45) is 3.96. The summed E-state index contributed by atoms with van der Waals surface area (Å²) in [4.78, 5) is 0. The fraction of sp³-hybridized carbons (Fsp3) is 0.217.